The van der Waals surface area contributed by atoms with Crippen molar-refractivity contribution in [3.63, 3.8) is 0 Å². The van der Waals surface area contributed by atoms with Crippen LogP contribution >= 0.6 is 0 Å². The van der Waals surface area contributed by atoms with E-state index in [2.05, 4.69) is 24.3 Å². The Balaban J connectivity index is 1.56. The molecule has 1 aliphatic heterocycles. The van der Waals surface area contributed by atoms with E-state index in [-0.39, 0.29) is 12.0 Å². The van der Waals surface area contributed by atoms with E-state index in [0.29, 0.717) is 19.7 Å². The maximum atomic E-state index is 12.5. The molecular formula is C19H21NO2. The third-order valence-corrected chi connectivity index (χ3v) is 4.04. The van der Waals surface area contributed by atoms with Crippen molar-refractivity contribution in [3.05, 3.63) is 71.8 Å². The SMILES string of the molecule is O=C(c1ccccc1)N1CCO[C@@H](CCc2ccccc2)C1. The van der Waals surface area contributed by atoms with E-state index in [0.717, 1.165) is 18.4 Å². The Morgan fingerprint density at radius 3 is 2.45 bits per heavy atom. The Kier molecular flexibility index (Phi) is 4.86. The van der Waals surface area contributed by atoms with Crippen molar-refractivity contribution in [3.8, 4) is 0 Å². The molecule has 1 saturated heterocycles. The van der Waals surface area contributed by atoms with Crippen LogP contribution in [-0.4, -0.2) is 36.6 Å². The zero-order valence-corrected chi connectivity index (χ0v) is 12.7. The van der Waals surface area contributed by atoms with E-state index in [9.17, 15) is 4.79 Å². The van der Waals surface area contributed by atoms with Gasteiger partial charge in [0.15, 0.2) is 0 Å². The summed E-state index contributed by atoms with van der Waals surface area (Å²) in [5, 5.41) is 0. The number of morpholine rings is 1. The van der Waals surface area contributed by atoms with Gasteiger partial charge in [-0.1, -0.05) is 48.5 Å². The molecule has 3 heteroatoms. The average molecular weight is 295 g/mol. The molecule has 3 nitrogen and oxygen atoms in total. The summed E-state index contributed by atoms with van der Waals surface area (Å²) < 4.78 is 5.82. The number of carbonyl (C=O) groups is 1. The first-order chi connectivity index (χ1) is 10.8. The third kappa shape index (κ3) is 3.74. The van der Waals surface area contributed by atoms with Crippen LogP contribution in [0.5, 0.6) is 0 Å². The molecule has 0 spiro atoms. The third-order valence-electron chi connectivity index (χ3n) is 4.04. The van der Waals surface area contributed by atoms with Crippen LogP contribution in [0.15, 0.2) is 60.7 Å². The first kappa shape index (κ1) is 14.8. The number of carbonyl (C=O) groups excluding carboxylic acids is 1. The molecule has 3 rings (SSSR count). The Labute approximate surface area is 131 Å². The molecule has 0 saturated carbocycles. The molecule has 2 aromatic carbocycles. The first-order valence-electron chi connectivity index (χ1n) is 7.83. The number of nitrogens with zero attached hydrogens (tertiary/aromatic N) is 1. The van der Waals surface area contributed by atoms with Crippen LogP contribution in [-0.2, 0) is 11.2 Å². The van der Waals surface area contributed by atoms with Crippen molar-refractivity contribution < 1.29 is 9.53 Å². The topological polar surface area (TPSA) is 29.5 Å². The Morgan fingerprint density at radius 1 is 1.05 bits per heavy atom. The highest BCUT2D eigenvalue weighted by Gasteiger charge is 2.24. The van der Waals surface area contributed by atoms with Crippen LogP contribution in [0, 0.1) is 0 Å². The second-order valence-electron chi connectivity index (χ2n) is 5.63. The number of ether oxygens (including phenoxy) is 1. The summed E-state index contributed by atoms with van der Waals surface area (Å²) in [6.07, 6.45) is 2.06. The van der Waals surface area contributed by atoms with Gasteiger partial charge in [0.1, 0.15) is 0 Å². The van der Waals surface area contributed by atoms with Crippen LogP contribution in [0.25, 0.3) is 0 Å². The molecule has 0 bridgehead atoms. The number of benzene rings is 2. The molecule has 0 radical (unpaired) electrons. The quantitative estimate of drug-likeness (QED) is 0.867. The molecule has 2 aromatic rings. The average Bonchev–Trinajstić information content (AvgIpc) is 2.61. The lowest BCUT2D eigenvalue weighted by Gasteiger charge is -2.33. The minimum atomic E-state index is 0.105. The van der Waals surface area contributed by atoms with Gasteiger partial charge in [-0.15, -0.1) is 0 Å². The Morgan fingerprint density at radius 2 is 1.73 bits per heavy atom. The molecule has 0 aliphatic carbocycles. The summed E-state index contributed by atoms with van der Waals surface area (Å²) in [7, 11) is 0. The molecule has 0 unspecified atom stereocenters. The lowest BCUT2D eigenvalue weighted by molar-refractivity contribution is -0.0246. The zero-order valence-electron chi connectivity index (χ0n) is 12.7. The van der Waals surface area contributed by atoms with Gasteiger partial charge in [-0.25, -0.2) is 0 Å². The largest absolute Gasteiger partial charge is 0.375 e. The second kappa shape index (κ2) is 7.23. The maximum absolute atomic E-state index is 12.5. The zero-order chi connectivity index (χ0) is 15.2. The molecule has 114 valence electrons. The molecular weight excluding hydrogens is 274 g/mol. The number of hydrogen-bond acceptors (Lipinski definition) is 2. The molecule has 0 aromatic heterocycles. The standard InChI is InChI=1S/C19H21NO2/c21-19(17-9-5-2-6-10-17)20-13-14-22-18(15-20)12-11-16-7-3-1-4-8-16/h1-10,18H,11-15H2/t18-/m0/s1. The van der Waals surface area contributed by atoms with E-state index >= 15 is 0 Å². The molecule has 1 fully saturated rings. The van der Waals surface area contributed by atoms with Crippen LogP contribution in [0.2, 0.25) is 0 Å². The van der Waals surface area contributed by atoms with Crippen molar-refractivity contribution >= 4 is 5.91 Å². The van der Waals surface area contributed by atoms with E-state index in [1.54, 1.807) is 0 Å². The minimum absolute atomic E-state index is 0.105. The van der Waals surface area contributed by atoms with Crippen LogP contribution < -0.4 is 0 Å². The highest BCUT2D eigenvalue weighted by molar-refractivity contribution is 5.94. The molecule has 1 heterocycles. The summed E-state index contributed by atoms with van der Waals surface area (Å²) in [4.78, 5) is 14.4. The lowest BCUT2D eigenvalue weighted by atomic mass is 10.1. The summed E-state index contributed by atoms with van der Waals surface area (Å²) in [6.45, 7) is 1.98. The van der Waals surface area contributed by atoms with E-state index in [1.807, 2.05) is 41.3 Å². The van der Waals surface area contributed by atoms with Crippen molar-refractivity contribution in [2.24, 2.45) is 0 Å². The van der Waals surface area contributed by atoms with Crippen molar-refractivity contribution in [1.82, 2.24) is 4.90 Å². The smallest absolute Gasteiger partial charge is 0.254 e. The van der Waals surface area contributed by atoms with Gasteiger partial charge < -0.3 is 9.64 Å². The Bertz CT molecular complexity index is 597. The fraction of sp³-hybridized carbons (Fsp3) is 0.316. The fourth-order valence-electron chi connectivity index (χ4n) is 2.81. The van der Waals surface area contributed by atoms with E-state index in [4.69, 9.17) is 4.74 Å². The van der Waals surface area contributed by atoms with Gasteiger partial charge in [-0.2, -0.15) is 0 Å². The van der Waals surface area contributed by atoms with Crippen molar-refractivity contribution in [1.29, 1.82) is 0 Å². The highest BCUT2D eigenvalue weighted by Crippen LogP contribution is 2.15. The van der Waals surface area contributed by atoms with Crippen LogP contribution in [0.1, 0.15) is 22.3 Å². The summed E-state index contributed by atoms with van der Waals surface area (Å²) in [5.41, 5.74) is 2.07. The molecule has 1 aliphatic rings. The summed E-state index contributed by atoms with van der Waals surface area (Å²) >= 11 is 0. The number of aryl methyl sites for hydroxylation is 1. The lowest BCUT2D eigenvalue weighted by Crippen LogP contribution is -2.45. The number of amides is 1. The van der Waals surface area contributed by atoms with Gasteiger partial charge in [0.05, 0.1) is 12.7 Å². The van der Waals surface area contributed by atoms with Gasteiger partial charge in [-0.05, 0) is 30.5 Å². The second-order valence-corrected chi connectivity index (χ2v) is 5.63. The summed E-state index contributed by atoms with van der Waals surface area (Å²) in [6, 6.07) is 19.9. The normalized spacial score (nSPS) is 18.2. The van der Waals surface area contributed by atoms with Crippen LogP contribution in [0.3, 0.4) is 0 Å². The number of rotatable bonds is 4. The highest BCUT2D eigenvalue weighted by atomic mass is 16.5. The van der Waals surface area contributed by atoms with Crippen molar-refractivity contribution in [2.75, 3.05) is 19.7 Å². The summed E-state index contributed by atoms with van der Waals surface area (Å²) in [5.74, 6) is 0.105. The fourth-order valence-corrected chi connectivity index (χ4v) is 2.81. The monoisotopic (exact) mass is 295 g/mol. The molecule has 1 atom stereocenters. The Hall–Kier alpha value is -2.13. The molecule has 1 amide bonds. The van der Waals surface area contributed by atoms with Gasteiger partial charge in [0, 0.05) is 18.7 Å². The van der Waals surface area contributed by atoms with E-state index in [1.165, 1.54) is 5.56 Å². The molecule has 22 heavy (non-hydrogen) atoms. The predicted molar refractivity (Wildman–Crippen MR) is 86.8 cm³/mol. The molecule has 0 N–H and O–H groups in total. The number of hydrogen-bond donors (Lipinski definition) is 0. The first-order valence-corrected chi connectivity index (χ1v) is 7.83. The van der Waals surface area contributed by atoms with Gasteiger partial charge >= 0.3 is 0 Å². The van der Waals surface area contributed by atoms with E-state index < -0.39 is 0 Å². The van der Waals surface area contributed by atoms with Gasteiger partial charge in [0.2, 0.25) is 0 Å². The minimum Gasteiger partial charge on any atom is -0.375 e. The van der Waals surface area contributed by atoms with Gasteiger partial charge in [0.25, 0.3) is 5.91 Å². The predicted octanol–water partition coefficient (Wildman–Crippen LogP) is 3.16. The van der Waals surface area contributed by atoms with Gasteiger partial charge in [-0.3, -0.25) is 4.79 Å². The van der Waals surface area contributed by atoms with Crippen LogP contribution in [0.4, 0.5) is 0 Å². The maximum Gasteiger partial charge on any atom is 0.254 e. The van der Waals surface area contributed by atoms with Crippen molar-refractivity contribution in [2.45, 2.75) is 18.9 Å².